The molecule has 1 aliphatic rings. The highest BCUT2D eigenvalue weighted by molar-refractivity contribution is 6.25. The molecule has 0 unspecified atom stereocenters. The second-order valence-corrected chi connectivity index (χ2v) is 8.31. The Bertz CT molecular complexity index is 1530. The number of fused-ring (bicyclic) bond motifs is 13. The minimum Gasteiger partial charge on any atom is -0.0616 e. The van der Waals surface area contributed by atoms with Crippen LogP contribution in [-0.4, -0.2) is 0 Å². The predicted octanol–water partition coefficient (Wildman–Crippen LogP) is 8.25. The summed E-state index contributed by atoms with van der Waals surface area (Å²) in [6.45, 7) is 4.73. The van der Waals surface area contributed by atoms with E-state index in [0.29, 0.717) is 0 Å². The van der Waals surface area contributed by atoms with Gasteiger partial charge in [-0.3, -0.25) is 0 Å². The molecule has 0 heterocycles. The molecule has 0 amide bonds. The van der Waals surface area contributed by atoms with Gasteiger partial charge in [0.25, 0.3) is 0 Å². The van der Waals surface area contributed by atoms with E-state index in [1.165, 1.54) is 65.3 Å². The lowest BCUT2D eigenvalue weighted by atomic mass is 9.89. The molecule has 0 spiro atoms. The van der Waals surface area contributed by atoms with Crippen molar-refractivity contribution in [3.8, 4) is 11.1 Å². The molecule has 0 heteroatoms. The Hall–Kier alpha value is -3.64. The van der Waals surface area contributed by atoms with Crippen LogP contribution in [-0.2, 0) is 0 Å². The van der Waals surface area contributed by atoms with Crippen LogP contribution >= 0.6 is 0 Å². The largest absolute Gasteiger partial charge is 0.0616 e. The van der Waals surface area contributed by atoms with Crippen molar-refractivity contribution < 1.29 is 0 Å². The molecular formula is C30H19. The Labute approximate surface area is 175 Å². The van der Waals surface area contributed by atoms with E-state index in [9.17, 15) is 0 Å². The molecule has 7 rings (SSSR count). The molecule has 0 fully saturated rings. The molecule has 0 bridgehead atoms. The summed E-state index contributed by atoms with van der Waals surface area (Å²) in [5.74, 6) is 0.110. The first-order chi connectivity index (χ1) is 14.8. The average Bonchev–Trinajstić information content (AvgIpc) is 3.13. The van der Waals surface area contributed by atoms with Gasteiger partial charge in [0, 0.05) is 5.92 Å². The van der Waals surface area contributed by atoms with Gasteiger partial charge in [0.2, 0.25) is 0 Å². The summed E-state index contributed by atoms with van der Waals surface area (Å²) in [4.78, 5) is 0. The lowest BCUT2D eigenvalue weighted by Crippen LogP contribution is -1.94. The van der Waals surface area contributed by atoms with Crippen molar-refractivity contribution in [1.29, 1.82) is 0 Å². The highest BCUT2D eigenvalue weighted by Gasteiger charge is 2.33. The van der Waals surface area contributed by atoms with Crippen molar-refractivity contribution >= 4 is 43.1 Å². The van der Waals surface area contributed by atoms with Crippen LogP contribution in [0.5, 0.6) is 0 Å². The summed E-state index contributed by atoms with van der Waals surface area (Å²) >= 11 is 0. The lowest BCUT2D eigenvalue weighted by Gasteiger charge is -2.14. The molecule has 6 aromatic rings. The Morgan fingerprint density at radius 2 is 0.633 bits per heavy atom. The van der Waals surface area contributed by atoms with Gasteiger partial charge >= 0.3 is 0 Å². The number of rotatable bonds is 0. The van der Waals surface area contributed by atoms with Gasteiger partial charge in [-0.1, -0.05) is 97.1 Å². The van der Waals surface area contributed by atoms with Crippen molar-refractivity contribution in [2.45, 2.75) is 5.92 Å². The zero-order chi connectivity index (χ0) is 19.8. The third-order valence-corrected chi connectivity index (χ3v) is 6.89. The molecule has 1 aliphatic carbocycles. The maximum absolute atomic E-state index is 4.73. The molecule has 0 aliphatic heterocycles. The van der Waals surface area contributed by atoms with E-state index >= 15 is 0 Å². The molecule has 0 aromatic heterocycles. The Balaban J connectivity index is 1.83. The topological polar surface area (TPSA) is 0 Å². The first-order valence-electron chi connectivity index (χ1n) is 10.5. The van der Waals surface area contributed by atoms with E-state index in [-0.39, 0.29) is 5.92 Å². The van der Waals surface area contributed by atoms with Gasteiger partial charge in [0.15, 0.2) is 0 Å². The lowest BCUT2D eigenvalue weighted by molar-refractivity contribution is 1.10. The van der Waals surface area contributed by atoms with Gasteiger partial charge in [0.1, 0.15) is 0 Å². The van der Waals surface area contributed by atoms with Gasteiger partial charge < -0.3 is 0 Å². The Kier molecular flexibility index (Phi) is 3.08. The molecule has 0 saturated heterocycles. The van der Waals surface area contributed by atoms with Gasteiger partial charge in [-0.15, -0.1) is 0 Å². The molecule has 30 heavy (non-hydrogen) atoms. The van der Waals surface area contributed by atoms with E-state index in [1.807, 2.05) is 0 Å². The van der Waals surface area contributed by atoms with Crippen LogP contribution in [0.4, 0.5) is 0 Å². The zero-order valence-corrected chi connectivity index (χ0v) is 16.5. The summed E-state index contributed by atoms with van der Waals surface area (Å²) in [6.07, 6.45) is 0. The highest BCUT2D eigenvalue weighted by Crippen LogP contribution is 2.55. The van der Waals surface area contributed by atoms with Crippen LogP contribution in [0, 0.1) is 6.92 Å². The van der Waals surface area contributed by atoms with Gasteiger partial charge in [-0.2, -0.15) is 0 Å². The summed E-state index contributed by atoms with van der Waals surface area (Å²) in [7, 11) is 0. The monoisotopic (exact) mass is 379 g/mol. The Morgan fingerprint density at radius 3 is 1.00 bits per heavy atom. The van der Waals surface area contributed by atoms with Crippen LogP contribution in [0.2, 0.25) is 0 Å². The van der Waals surface area contributed by atoms with Crippen molar-refractivity contribution in [1.82, 2.24) is 0 Å². The van der Waals surface area contributed by atoms with Gasteiger partial charge in [-0.25, -0.2) is 0 Å². The average molecular weight is 379 g/mol. The maximum Gasteiger partial charge on any atom is 0.0115 e. The van der Waals surface area contributed by atoms with E-state index in [0.717, 1.165) is 0 Å². The minimum atomic E-state index is 0.110. The molecule has 0 atom stereocenters. The third-order valence-electron chi connectivity index (χ3n) is 6.89. The van der Waals surface area contributed by atoms with Crippen LogP contribution < -0.4 is 0 Å². The highest BCUT2D eigenvalue weighted by atomic mass is 14.4. The number of benzene rings is 6. The Morgan fingerprint density at radius 1 is 0.367 bits per heavy atom. The molecule has 0 nitrogen and oxygen atoms in total. The molecule has 139 valence electrons. The van der Waals surface area contributed by atoms with Crippen LogP contribution in [0.1, 0.15) is 17.0 Å². The molecule has 0 N–H and O–H groups in total. The second kappa shape index (κ2) is 5.70. The summed E-state index contributed by atoms with van der Waals surface area (Å²) in [6, 6.07) is 35.4. The fraction of sp³-hybridized carbons (Fsp3) is 0.0333. The maximum atomic E-state index is 4.73. The fourth-order valence-corrected chi connectivity index (χ4v) is 5.74. The van der Waals surface area contributed by atoms with Gasteiger partial charge in [0.05, 0.1) is 0 Å². The normalized spacial score (nSPS) is 13.4. The van der Waals surface area contributed by atoms with Crippen molar-refractivity contribution in [2.24, 2.45) is 0 Å². The minimum absolute atomic E-state index is 0.110. The standard InChI is InChI=1S/C30H19/c1-18-27-23-14-6-2-10-19(23)21-12-4-8-16-25(21)29(27)30-26-17-9-5-13-22(26)20-11-3-7-15-24(20)28(18)30/h2-18H,1H2. The van der Waals surface area contributed by atoms with Crippen LogP contribution in [0.15, 0.2) is 97.1 Å². The van der Waals surface area contributed by atoms with Crippen LogP contribution in [0.3, 0.4) is 0 Å². The predicted molar refractivity (Wildman–Crippen MR) is 129 cm³/mol. The van der Waals surface area contributed by atoms with Crippen molar-refractivity contribution in [3.63, 3.8) is 0 Å². The molecule has 0 saturated carbocycles. The SMILES string of the molecule is [CH2]C1c2c(c3ccccc3c3ccccc23)-c2c1c1ccccc1c1ccccc21. The third kappa shape index (κ3) is 1.87. The van der Waals surface area contributed by atoms with Crippen molar-refractivity contribution in [3.05, 3.63) is 115 Å². The van der Waals surface area contributed by atoms with Gasteiger partial charge in [-0.05, 0) is 72.3 Å². The first kappa shape index (κ1) is 16.2. The van der Waals surface area contributed by atoms with E-state index < -0.39 is 0 Å². The number of hydrogen-bond donors (Lipinski definition) is 0. The zero-order valence-electron chi connectivity index (χ0n) is 16.5. The second-order valence-electron chi connectivity index (χ2n) is 8.31. The van der Waals surface area contributed by atoms with Crippen LogP contribution in [0.25, 0.3) is 54.2 Å². The molecule has 6 aromatic carbocycles. The molecule has 1 radical (unpaired) electrons. The fourth-order valence-electron chi connectivity index (χ4n) is 5.74. The first-order valence-corrected chi connectivity index (χ1v) is 10.5. The molecular weight excluding hydrogens is 360 g/mol. The van der Waals surface area contributed by atoms with E-state index in [2.05, 4.69) is 97.1 Å². The summed E-state index contributed by atoms with van der Waals surface area (Å²) in [5, 5.41) is 10.6. The quantitative estimate of drug-likeness (QED) is 0.233. The summed E-state index contributed by atoms with van der Waals surface area (Å²) in [5.41, 5.74) is 5.50. The summed E-state index contributed by atoms with van der Waals surface area (Å²) < 4.78 is 0. The van der Waals surface area contributed by atoms with Crippen molar-refractivity contribution in [2.75, 3.05) is 0 Å². The number of hydrogen-bond acceptors (Lipinski definition) is 0. The van der Waals surface area contributed by atoms with E-state index in [4.69, 9.17) is 6.92 Å². The smallest absolute Gasteiger partial charge is 0.0115 e. The van der Waals surface area contributed by atoms with E-state index in [1.54, 1.807) is 0 Å².